The SMILES string of the molecule is O=C(O)CNC(=O)[C@@H]1CCCN1C(=O)[C@@H]1C[C@@H](O)CN1C(=O)CNC(=O)[C@@H]1CCCN1C(=O)[C@@H]1C[C@@H](O)CN1C(=O)CNC(=O)[C@@H]1CCCN1C(=O)[C@@H]1C[C@@H](O)CN1C(=O)CNC(=O)[C@@H]1CCCN1C(=O)[C@@H]1C[C@@H](O)CN1C(=O)CNC(=O)[C@@H]1CCCN1C(=O)[C@@H]1C[C@@H](O)CN1C(=O)CNC(=O)[C@H](CS)NC(=O)[C@@H]1C[C@@H](O)CN1C(=O)CNC(=O)[C@@H]1CCCN1C(=O)[C@@H]1C[C@@H](O)CN1. The van der Waals surface area contributed by atoms with Crippen LogP contribution >= 0.6 is 12.6 Å². The molecule has 0 unspecified atom stereocenters. The number of hydrogen-bond acceptors (Lipinski definition) is 30. The van der Waals surface area contributed by atoms with Crippen molar-refractivity contribution in [3.63, 3.8) is 0 Å². The van der Waals surface area contributed by atoms with E-state index in [1.807, 2.05) is 0 Å². The van der Waals surface area contributed by atoms with E-state index in [4.69, 9.17) is 5.11 Å². The fourth-order valence-corrected chi connectivity index (χ4v) is 21.1. The van der Waals surface area contributed by atoms with Crippen molar-refractivity contribution < 1.29 is 142 Å². The normalized spacial score (nSPS) is 30.4. The van der Waals surface area contributed by atoms with Crippen LogP contribution in [0.3, 0.4) is 0 Å². The van der Waals surface area contributed by atoms with Gasteiger partial charge in [-0.1, -0.05) is 0 Å². The molecule has 13 heterocycles. The van der Waals surface area contributed by atoms with E-state index < -0.39 is 291 Å². The monoisotopic (exact) mass is 1890 g/mol. The number of amides is 20. The number of thiol groups is 1. The Morgan fingerprint density at radius 2 is 0.496 bits per heavy atom. The molecular formula is C82H119N21O29S. The Balaban J connectivity index is 0.534. The molecule has 0 saturated carbocycles. The lowest BCUT2D eigenvalue weighted by atomic mass is 10.1. The quantitative estimate of drug-likeness (QED) is 0.0297. The van der Waals surface area contributed by atoms with Gasteiger partial charge in [0.2, 0.25) is 118 Å². The van der Waals surface area contributed by atoms with Gasteiger partial charge in [0.05, 0.1) is 88.0 Å². The largest absolute Gasteiger partial charge is 0.480 e. The summed E-state index contributed by atoms with van der Waals surface area (Å²) in [5, 5.41) is 106. The lowest BCUT2D eigenvalue weighted by molar-refractivity contribution is -0.148. The first-order valence-electron chi connectivity index (χ1n) is 45.6. The highest BCUT2D eigenvalue weighted by Gasteiger charge is 2.53. The van der Waals surface area contributed by atoms with Crippen LogP contribution in [0, 0.1) is 0 Å². The van der Waals surface area contributed by atoms with Gasteiger partial charge in [0.25, 0.3) is 0 Å². The van der Waals surface area contributed by atoms with E-state index in [0.29, 0.717) is 51.5 Å². The predicted molar refractivity (Wildman–Crippen MR) is 452 cm³/mol. The zero-order valence-electron chi connectivity index (χ0n) is 73.4. The molecule has 51 heteroatoms. The van der Waals surface area contributed by atoms with Gasteiger partial charge < -0.3 is 148 Å². The molecule has 13 aliphatic rings. The first-order chi connectivity index (χ1) is 63.4. The number of β-amino-alcohol motifs (C(OH)–C–C–N with tert-alkyl or cyclic N) is 7. The minimum Gasteiger partial charge on any atom is -0.480 e. The van der Waals surface area contributed by atoms with E-state index in [1.54, 1.807) is 0 Å². The minimum absolute atomic E-state index is 0.0143. The molecule has 0 aromatic carbocycles. The molecule has 732 valence electrons. The van der Waals surface area contributed by atoms with Crippen LogP contribution < -0.4 is 47.9 Å². The standard InChI is InChI=1S/C82H119N21O29S/c104-41-19-48(83-26-41)77(127)92-13-1-7-50(92)70(120)85-28-62(111)98-34-42(105)20-56(98)76(126)91-49(40-133)69(119)84-27-63(112)99-35-43(106)21-57(99)78(128)93-14-2-8-51(93)71(121)86-29-64(113)100-36-44(107)22-58(100)79(129)94-15-3-9-52(94)72(122)87-30-65(114)101-37-45(108)23-59(101)80(130)95-16-4-10-53(95)73(123)88-31-66(115)102-38-46(109)24-60(102)81(131)96-17-5-11-54(96)74(124)89-32-67(116)103-39-47(110)25-61(103)82(132)97-18-6-12-55(97)75(125)90-33-68(117)118/h41-61,83,104-110,133H,1-40H2,(H,84,119)(H,85,120)(H,86,121)(H,87,122)(H,88,123)(H,89,124)(H,90,125)(H,91,126)(H,117,118)/t41-,42-,43-,44-,45-,46-,47-,48+,49+,50+,51+,52+,53+,54+,55+,56+,57+,58+,59+,60+,61+/m1/s1. The molecule has 13 aliphatic heterocycles. The topological polar surface area (TPSA) is 667 Å². The fourth-order valence-electron chi connectivity index (χ4n) is 20.9. The van der Waals surface area contributed by atoms with E-state index in [-0.39, 0.29) is 167 Å². The summed E-state index contributed by atoms with van der Waals surface area (Å²) in [4.78, 5) is 302. The highest BCUT2D eigenvalue weighted by molar-refractivity contribution is 7.80. The van der Waals surface area contributed by atoms with Crippen LogP contribution in [0.25, 0.3) is 0 Å². The lowest BCUT2D eigenvalue weighted by Gasteiger charge is -2.32. The second-order valence-corrected chi connectivity index (χ2v) is 36.7. The molecule has 0 aliphatic carbocycles. The zero-order valence-corrected chi connectivity index (χ0v) is 74.3. The maximum Gasteiger partial charge on any atom is 0.322 e. The van der Waals surface area contributed by atoms with Crippen molar-refractivity contribution in [3.05, 3.63) is 0 Å². The van der Waals surface area contributed by atoms with E-state index in [1.165, 1.54) is 29.4 Å². The number of likely N-dealkylation sites (tertiary alicyclic amines) is 12. The van der Waals surface area contributed by atoms with Crippen LogP contribution in [0.1, 0.15) is 122 Å². The highest BCUT2D eigenvalue weighted by atomic mass is 32.1. The first-order valence-corrected chi connectivity index (χ1v) is 46.2. The summed E-state index contributed by atoms with van der Waals surface area (Å²) in [6, 6.07) is -16.5. The van der Waals surface area contributed by atoms with Crippen molar-refractivity contribution in [1.82, 2.24) is 107 Å². The molecule has 0 bridgehead atoms. The Hall–Kier alpha value is -11.1. The maximum absolute atomic E-state index is 14.5. The third kappa shape index (κ3) is 22.6. The summed E-state index contributed by atoms with van der Waals surface area (Å²) in [5.41, 5.74) is 0. The first kappa shape index (κ1) is 99.4. The van der Waals surface area contributed by atoms with E-state index >= 15 is 0 Å². The third-order valence-corrected chi connectivity index (χ3v) is 27.8. The van der Waals surface area contributed by atoms with Crippen LogP contribution in [0.15, 0.2) is 0 Å². The number of nitrogens with zero attached hydrogens (tertiary/aromatic N) is 12. The lowest BCUT2D eigenvalue weighted by Crippen LogP contribution is -2.57. The van der Waals surface area contributed by atoms with Crippen molar-refractivity contribution in [2.45, 2.75) is 249 Å². The van der Waals surface area contributed by atoms with Gasteiger partial charge in [-0.25, -0.2) is 0 Å². The molecule has 0 spiro atoms. The van der Waals surface area contributed by atoms with Gasteiger partial charge in [0.1, 0.15) is 85.1 Å². The molecule has 13 rings (SSSR count). The summed E-state index contributed by atoms with van der Waals surface area (Å²) in [6.45, 7) is -6.03. The molecule has 0 radical (unpaired) electrons. The van der Waals surface area contributed by atoms with Crippen LogP contribution in [-0.4, -0.2) is 488 Å². The van der Waals surface area contributed by atoms with Crippen LogP contribution in [-0.2, 0) is 101 Å². The molecule has 13 saturated heterocycles. The second-order valence-electron chi connectivity index (χ2n) is 36.4. The van der Waals surface area contributed by atoms with Crippen LogP contribution in [0.2, 0.25) is 0 Å². The number of carboxylic acids is 1. The van der Waals surface area contributed by atoms with Gasteiger partial charge in [-0.05, 0) is 83.5 Å². The summed E-state index contributed by atoms with van der Waals surface area (Å²) < 4.78 is 0. The molecule has 13 fully saturated rings. The summed E-state index contributed by atoms with van der Waals surface area (Å²) in [7, 11) is 0. The van der Waals surface area contributed by atoms with Gasteiger partial charge in [-0.15, -0.1) is 0 Å². The number of hydrogen-bond donors (Lipinski definition) is 18. The Morgan fingerprint density at radius 1 is 0.271 bits per heavy atom. The summed E-state index contributed by atoms with van der Waals surface area (Å²) >= 11 is 4.21. The van der Waals surface area contributed by atoms with Crippen molar-refractivity contribution in [3.8, 4) is 0 Å². The number of rotatable bonds is 30. The van der Waals surface area contributed by atoms with Crippen molar-refractivity contribution in [2.24, 2.45) is 0 Å². The maximum atomic E-state index is 14.5. The van der Waals surface area contributed by atoms with E-state index in [0.717, 1.165) is 29.4 Å². The number of aliphatic hydroxyl groups is 7. The van der Waals surface area contributed by atoms with Gasteiger partial charge >= 0.3 is 5.97 Å². The molecule has 133 heavy (non-hydrogen) atoms. The van der Waals surface area contributed by atoms with Gasteiger partial charge in [0.15, 0.2) is 0 Å². The molecule has 21 atom stereocenters. The third-order valence-electron chi connectivity index (χ3n) is 27.5. The molecule has 50 nitrogen and oxygen atoms in total. The van der Waals surface area contributed by atoms with Crippen LogP contribution in [0.5, 0.6) is 0 Å². The zero-order chi connectivity index (χ0) is 95.8. The van der Waals surface area contributed by atoms with E-state index in [9.17, 15) is 136 Å². The predicted octanol–water partition coefficient (Wildman–Crippen LogP) is -14.3. The van der Waals surface area contributed by atoms with Crippen molar-refractivity contribution in [1.29, 1.82) is 0 Å². The van der Waals surface area contributed by atoms with Gasteiger partial charge in [0, 0.05) is 129 Å². The second kappa shape index (κ2) is 43.5. The Morgan fingerprint density at radius 3 is 0.729 bits per heavy atom. The minimum atomic E-state index is -1.42. The average molecular weight is 1900 g/mol. The van der Waals surface area contributed by atoms with Crippen molar-refractivity contribution in [2.75, 3.05) is 137 Å². The Labute approximate surface area is 767 Å². The Kier molecular flexibility index (Phi) is 32.5. The average Bonchev–Trinajstić information content (AvgIpc) is 1.65. The van der Waals surface area contributed by atoms with Crippen LogP contribution in [0.4, 0.5) is 0 Å². The molecule has 17 N–H and O–H groups in total. The molecule has 20 amide bonds. The molecule has 0 aromatic heterocycles. The van der Waals surface area contributed by atoms with E-state index in [2.05, 4.69) is 60.5 Å². The fraction of sp³-hybridized carbons (Fsp3) is 0.744. The van der Waals surface area contributed by atoms with Gasteiger partial charge in [-0.3, -0.25) is 101 Å². The number of aliphatic hydroxyl groups excluding tert-OH is 7. The number of carbonyl (C=O) groups is 21. The smallest absolute Gasteiger partial charge is 0.322 e. The number of aliphatic carboxylic acids is 1. The van der Waals surface area contributed by atoms with Crippen molar-refractivity contribution >= 4 is 137 Å². The number of carboxylic acid groups (broad SMARTS) is 1. The molecular weight excluding hydrogens is 1780 g/mol. The summed E-state index contributed by atoms with van der Waals surface area (Å²) in [5.74, 6) is -16.5. The molecule has 0 aromatic rings. The number of nitrogens with one attached hydrogen (secondary N) is 9. The highest BCUT2D eigenvalue weighted by Crippen LogP contribution is 2.34. The summed E-state index contributed by atoms with van der Waals surface area (Å²) in [6.07, 6.45) is -5.92. The Bertz CT molecular complexity index is 4540. The van der Waals surface area contributed by atoms with Gasteiger partial charge in [-0.2, -0.15) is 12.6 Å². The number of carbonyl (C=O) groups excluding carboxylic acids is 20.